The van der Waals surface area contributed by atoms with Gasteiger partial charge in [0.15, 0.2) is 0 Å². The normalized spacial score (nSPS) is 12.8. The summed E-state index contributed by atoms with van der Waals surface area (Å²) >= 11 is 0. The number of hydrogen-bond acceptors (Lipinski definition) is 5. The molecule has 1 fully saturated rings. The topological polar surface area (TPSA) is 96.5 Å². The Labute approximate surface area is 169 Å². The predicted octanol–water partition coefficient (Wildman–Crippen LogP) is 3.03. The van der Waals surface area contributed by atoms with Crippen LogP contribution in [0.3, 0.4) is 0 Å². The molecule has 0 aromatic heterocycles. The Balaban J connectivity index is 1.63. The number of esters is 1. The molecule has 0 unspecified atom stereocenters. The van der Waals surface area contributed by atoms with E-state index in [0.717, 1.165) is 29.7 Å². The number of benzene rings is 2. The van der Waals surface area contributed by atoms with Gasteiger partial charge in [-0.05, 0) is 62.1 Å². The first-order chi connectivity index (χ1) is 13.9. The molecule has 3 rings (SSSR count). The van der Waals surface area contributed by atoms with Crippen LogP contribution in [0.2, 0.25) is 0 Å². The highest BCUT2D eigenvalue weighted by Gasteiger charge is 2.24. The second-order valence-electron chi connectivity index (χ2n) is 7.20. The van der Waals surface area contributed by atoms with Crippen molar-refractivity contribution in [2.45, 2.75) is 32.7 Å². The summed E-state index contributed by atoms with van der Waals surface area (Å²) in [5.74, 6) is -0.826. The summed E-state index contributed by atoms with van der Waals surface area (Å²) in [7, 11) is 1.31. The summed E-state index contributed by atoms with van der Waals surface area (Å²) < 4.78 is 4.72. The SMILES string of the molecule is COC(=O)c1ccc(C)c(NC(=O)CNc2cc(C(=O)NC3CC3)ccc2C)c1. The summed E-state index contributed by atoms with van der Waals surface area (Å²) in [5, 5.41) is 8.84. The van der Waals surface area contributed by atoms with Crippen LogP contribution in [0, 0.1) is 13.8 Å². The molecular weight excluding hydrogens is 370 g/mol. The third kappa shape index (κ3) is 5.34. The van der Waals surface area contributed by atoms with Gasteiger partial charge in [-0.2, -0.15) is 0 Å². The van der Waals surface area contributed by atoms with Gasteiger partial charge in [-0.15, -0.1) is 0 Å². The standard InChI is InChI=1S/C22H25N3O4/c1-13-4-6-15(21(27)24-17-8-9-17)10-18(13)23-12-20(26)25-19-11-16(22(28)29-3)7-5-14(19)2/h4-7,10-11,17,23H,8-9,12H2,1-3H3,(H,24,27)(H,25,26). The van der Waals surface area contributed by atoms with E-state index in [4.69, 9.17) is 4.74 Å². The molecule has 3 N–H and O–H groups in total. The molecule has 1 saturated carbocycles. The van der Waals surface area contributed by atoms with Gasteiger partial charge in [-0.1, -0.05) is 12.1 Å². The van der Waals surface area contributed by atoms with Crippen LogP contribution >= 0.6 is 0 Å². The van der Waals surface area contributed by atoms with Crippen LogP contribution in [0.4, 0.5) is 11.4 Å². The van der Waals surface area contributed by atoms with E-state index in [1.807, 2.05) is 19.9 Å². The molecule has 2 amide bonds. The molecule has 2 aromatic carbocycles. The van der Waals surface area contributed by atoms with Crippen molar-refractivity contribution < 1.29 is 19.1 Å². The molecule has 2 aromatic rings. The van der Waals surface area contributed by atoms with Crippen molar-refractivity contribution in [2.24, 2.45) is 0 Å². The van der Waals surface area contributed by atoms with Crippen LogP contribution in [-0.4, -0.2) is 37.5 Å². The lowest BCUT2D eigenvalue weighted by Crippen LogP contribution is -2.26. The van der Waals surface area contributed by atoms with Crippen LogP contribution in [0.1, 0.15) is 44.7 Å². The van der Waals surface area contributed by atoms with Crippen LogP contribution in [0.15, 0.2) is 36.4 Å². The summed E-state index contributed by atoms with van der Waals surface area (Å²) in [6, 6.07) is 10.7. The van der Waals surface area contributed by atoms with Gasteiger partial charge >= 0.3 is 5.97 Å². The number of carbonyl (C=O) groups excluding carboxylic acids is 3. The highest BCUT2D eigenvalue weighted by atomic mass is 16.5. The van der Waals surface area contributed by atoms with Gasteiger partial charge in [0.2, 0.25) is 5.91 Å². The smallest absolute Gasteiger partial charge is 0.337 e. The number of ether oxygens (including phenoxy) is 1. The van der Waals surface area contributed by atoms with Crippen LogP contribution in [0.25, 0.3) is 0 Å². The molecule has 0 radical (unpaired) electrons. The molecule has 7 nitrogen and oxygen atoms in total. The Morgan fingerprint density at radius 3 is 2.24 bits per heavy atom. The Morgan fingerprint density at radius 2 is 1.59 bits per heavy atom. The first kappa shape index (κ1) is 20.4. The predicted molar refractivity (Wildman–Crippen MR) is 111 cm³/mol. The van der Waals surface area contributed by atoms with Crippen molar-refractivity contribution in [3.8, 4) is 0 Å². The molecule has 0 atom stereocenters. The zero-order chi connectivity index (χ0) is 21.0. The van der Waals surface area contributed by atoms with Gasteiger partial charge in [0, 0.05) is 23.0 Å². The number of amides is 2. The average Bonchev–Trinajstić information content (AvgIpc) is 3.52. The molecule has 0 bridgehead atoms. The average molecular weight is 395 g/mol. The van der Waals surface area contributed by atoms with Crippen molar-refractivity contribution in [1.82, 2.24) is 5.32 Å². The fourth-order valence-corrected chi connectivity index (χ4v) is 2.82. The lowest BCUT2D eigenvalue weighted by atomic mass is 10.1. The van der Waals surface area contributed by atoms with E-state index in [1.54, 1.807) is 30.3 Å². The van der Waals surface area contributed by atoms with Crippen molar-refractivity contribution in [3.63, 3.8) is 0 Å². The molecule has 0 heterocycles. The number of methoxy groups -OCH3 is 1. The second kappa shape index (κ2) is 8.77. The van der Waals surface area contributed by atoms with Crippen molar-refractivity contribution in [1.29, 1.82) is 0 Å². The minimum atomic E-state index is -0.462. The molecule has 7 heteroatoms. The van der Waals surface area contributed by atoms with Gasteiger partial charge in [0.05, 0.1) is 19.2 Å². The number of rotatable bonds is 7. The minimum absolute atomic E-state index is 0.0242. The van der Waals surface area contributed by atoms with Gasteiger partial charge in [-0.25, -0.2) is 4.79 Å². The van der Waals surface area contributed by atoms with E-state index in [2.05, 4.69) is 16.0 Å². The van der Waals surface area contributed by atoms with E-state index >= 15 is 0 Å². The largest absolute Gasteiger partial charge is 0.465 e. The maximum absolute atomic E-state index is 12.4. The van der Waals surface area contributed by atoms with Gasteiger partial charge in [0.1, 0.15) is 0 Å². The number of anilines is 2. The lowest BCUT2D eigenvalue weighted by Gasteiger charge is -2.13. The lowest BCUT2D eigenvalue weighted by molar-refractivity contribution is -0.114. The van der Waals surface area contributed by atoms with Gasteiger partial charge in [0.25, 0.3) is 5.91 Å². The summed E-state index contributed by atoms with van der Waals surface area (Å²) in [6.07, 6.45) is 2.05. The van der Waals surface area contributed by atoms with E-state index in [1.165, 1.54) is 7.11 Å². The van der Waals surface area contributed by atoms with Crippen molar-refractivity contribution in [3.05, 3.63) is 58.7 Å². The highest BCUT2D eigenvalue weighted by Crippen LogP contribution is 2.22. The molecule has 0 spiro atoms. The number of aryl methyl sites for hydroxylation is 2. The second-order valence-corrected chi connectivity index (χ2v) is 7.20. The highest BCUT2D eigenvalue weighted by molar-refractivity contribution is 5.98. The number of nitrogens with one attached hydrogen (secondary N) is 3. The van der Waals surface area contributed by atoms with Crippen LogP contribution in [-0.2, 0) is 9.53 Å². The third-order valence-corrected chi connectivity index (χ3v) is 4.78. The van der Waals surface area contributed by atoms with E-state index < -0.39 is 5.97 Å². The third-order valence-electron chi connectivity index (χ3n) is 4.78. The summed E-state index contributed by atoms with van der Waals surface area (Å²) in [5.41, 5.74) is 3.97. The maximum atomic E-state index is 12.4. The molecule has 1 aliphatic rings. The zero-order valence-electron chi connectivity index (χ0n) is 16.8. The Hall–Kier alpha value is -3.35. The Kier molecular flexibility index (Phi) is 6.16. The first-order valence-electron chi connectivity index (χ1n) is 9.51. The summed E-state index contributed by atoms with van der Waals surface area (Å²) in [4.78, 5) is 36.3. The first-order valence-corrected chi connectivity index (χ1v) is 9.51. The Bertz CT molecular complexity index is 951. The Morgan fingerprint density at radius 1 is 0.966 bits per heavy atom. The van der Waals surface area contributed by atoms with Crippen LogP contribution in [0.5, 0.6) is 0 Å². The van der Waals surface area contributed by atoms with Crippen molar-refractivity contribution >= 4 is 29.2 Å². The van der Waals surface area contributed by atoms with Gasteiger partial charge in [-0.3, -0.25) is 9.59 Å². The molecule has 1 aliphatic carbocycles. The molecular formula is C22H25N3O4. The molecule has 0 aliphatic heterocycles. The molecule has 29 heavy (non-hydrogen) atoms. The zero-order valence-corrected chi connectivity index (χ0v) is 16.8. The molecule has 152 valence electrons. The number of hydrogen-bond donors (Lipinski definition) is 3. The van der Waals surface area contributed by atoms with Gasteiger partial charge < -0.3 is 20.7 Å². The maximum Gasteiger partial charge on any atom is 0.337 e. The fourth-order valence-electron chi connectivity index (χ4n) is 2.82. The quantitative estimate of drug-likeness (QED) is 0.626. The van der Waals surface area contributed by atoms with E-state index in [0.29, 0.717) is 16.8 Å². The minimum Gasteiger partial charge on any atom is -0.465 e. The monoisotopic (exact) mass is 395 g/mol. The summed E-state index contributed by atoms with van der Waals surface area (Å²) in [6.45, 7) is 3.78. The fraction of sp³-hybridized carbons (Fsp3) is 0.318. The van der Waals surface area contributed by atoms with Crippen LogP contribution < -0.4 is 16.0 Å². The van der Waals surface area contributed by atoms with E-state index in [-0.39, 0.29) is 24.4 Å². The number of carbonyl (C=O) groups is 3. The van der Waals surface area contributed by atoms with Crippen molar-refractivity contribution in [2.75, 3.05) is 24.3 Å². The molecule has 0 saturated heterocycles. The van der Waals surface area contributed by atoms with E-state index in [9.17, 15) is 14.4 Å².